The number of carbonyl (C=O) groups is 1. The van der Waals surface area contributed by atoms with Gasteiger partial charge in [0.05, 0.1) is 12.0 Å². The number of sulfonamides is 1. The maximum absolute atomic E-state index is 13.0. The Labute approximate surface area is 161 Å². The van der Waals surface area contributed by atoms with Gasteiger partial charge in [-0.15, -0.1) is 0 Å². The molecule has 28 heavy (non-hydrogen) atoms. The topological polar surface area (TPSA) is 87.2 Å². The predicted octanol–water partition coefficient (Wildman–Crippen LogP) is 1.62. The molecule has 3 atom stereocenters. The lowest BCUT2D eigenvalue weighted by molar-refractivity contribution is -0.251. The second-order valence-electron chi connectivity index (χ2n) is 6.98. The number of aliphatic hydroxyl groups is 1. The quantitative estimate of drug-likeness (QED) is 0.794. The third kappa shape index (κ3) is 3.96. The number of amides is 1. The Balaban J connectivity index is 2.26. The van der Waals surface area contributed by atoms with Crippen molar-refractivity contribution >= 4 is 15.9 Å². The average Bonchev–Trinajstić information content (AvgIpc) is 2.61. The highest BCUT2D eigenvalue weighted by molar-refractivity contribution is 7.89. The summed E-state index contributed by atoms with van der Waals surface area (Å²) in [5.41, 5.74) is -3.54. The monoisotopic (exact) mass is 424 g/mol. The Bertz CT molecular complexity index is 824. The van der Waals surface area contributed by atoms with E-state index < -0.39 is 39.8 Å². The Morgan fingerprint density at radius 2 is 1.68 bits per heavy atom. The SMILES string of the molecule is COc1ccc(S(=O)(=O)N2C[C@@H](C)N(C(=O)C(C)(O)C(F)(F)F)C[C@H]2C)cc1. The van der Waals surface area contributed by atoms with Gasteiger partial charge in [-0.2, -0.15) is 17.5 Å². The van der Waals surface area contributed by atoms with Gasteiger partial charge in [-0.3, -0.25) is 4.79 Å². The van der Waals surface area contributed by atoms with Crippen LogP contribution in [0.3, 0.4) is 0 Å². The molecule has 11 heteroatoms. The van der Waals surface area contributed by atoms with Gasteiger partial charge < -0.3 is 14.7 Å². The lowest BCUT2D eigenvalue weighted by Gasteiger charge is -2.45. The van der Waals surface area contributed by atoms with Crippen LogP contribution >= 0.6 is 0 Å². The van der Waals surface area contributed by atoms with Gasteiger partial charge in [0.1, 0.15) is 5.75 Å². The Morgan fingerprint density at radius 1 is 1.14 bits per heavy atom. The van der Waals surface area contributed by atoms with E-state index in [1.54, 1.807) is 0 Å². The molecule has 0 spiro atoms. The molecule has 2 rings (SSSR count). The Kier molecular flexibility index (Phi) is 6.03. The van der Waals surface area contributed by atoms with Gasteiger partial charge in [-0.25, -0.2) is 8.42 Å². The minimum absolute atomic E-state index is 0.00872. The summed E-state index contributed by atoms with van der Waals surface area (Å²) in [5.74, 6) is -1.02. The first-order valence-electron chi connectivity index (χ1n) is 8.49. The molecule has 0 aromatic heterocycles. The van der Waals surface area contributed by atoms with Crippen LogP contribution in [0.2, 0.25) is 0 Å². The number of hydrogen-bond acceptors (Lipinski definition) is 5. The Morgan fingerprint density at radius 3 is 2.14 bits per heavy atom. The lowest BCUT2D eigenvalue weighted by atomic mass is 10.0. The number of benzene rings is 1. The van der Waals surface area contributed by atoms with Crippen LogP contribution in [0.5, 0.6) is 5.75 Å². The van der Waals surface area contributed by atoms with Crippen molar-refractivity contribution in [1.29, 1.82) is 0 Å². The zero-order chi connectivity index (χ0) is 21.5. The van der Waals surface area contributed by atoms with Crippen molar-refractivity contribution in [1.82, 2.24) is 9.21 Å². The lowest BCUT2D eigenvalue weighted by Crippen LogP contribution is -2.65. The van der Waals surface area contributed by atoms with E-state index in [4.69, 9.17) is 4.74 Å². The highest BCUT2D eigenvalue weighted by Gasteiger charge is 2.58. The molecule has 1 unspecified atom stereocenters. The minimum atomic E-state index is -5.14. The number of halogens is 3. The van der Waals surface area contributed by atoms with Crippen molar-refractivity contribution in [3.63, 3.8) is 0 Å². The molecule has 1 amide bonds. The van der Waals surface area contributed by atoms with E-state index in [-0.39, 0.29) is 18.0 Å². The summed E-state index contributed by atoms with van der Waals surface area (Å²) in [6, 6.07) is 4.08. The van der Waals surface area contributed by atoms with Crippen molar-refractivity contribution in [2.75, 3.05) is 20.2 Å². The highest BCUT2D eigenvalue weighted by Crippen LogP contribution is 2.34. The van der Waals surface area contributed by atoms with Crippen LogP contribution in [0.1, 0.15) is 20.8 Å². The molecule has 0 saturated carbocycles. The summed E-state index contributed by atoms with van der Waals surface area (Å²) in [4.78, 5) is 13.2. The maximum atomic E-state index is 13.0. The summed E-state index contributed by atoms with van der Waals surface area (Å²) < 4.78 is 71.0. The van der Waals surface area contributed by atoms with Gasteiger partial charge in [0.15, 0.2) is 0 Å². The molecule has 0 aliphatic carbocycles. The average molecular weight is 424 g/mol. The van der Waals surface area contributed by atoms with Crippen LogP contribution in [-0.4, -0.2) is 72.7 Å². The number of piperazine rings is 1. The molecule has 1 heterocycles. The molecule has 7 nitrogen and oxygen atoms in total. The first-order valence-corrected chi connectivity index (χ1v) is 9.93. The van der Waals surface area contributed by atoms with Gasteiger partial charge in [0, 0.05) is 25.2 Å². The molecule has 1 N–H and O–H groups in total. The highest BCUT2D eigenvalue weighted by atomic mass is 32.2. The summed E-state index contributed by atoms with van der Waals surface area (Å²) in [7, 11) is -2.48. The molecule has 158 valence electrons. The van der Waals surface area contributed by atoms with Gasteiger partial charge in [0.2, 0.25) is 15.6 Å². The van der Waals surface area contributed by atoms with Crippen LogP contribution in [0.25, 0.3) is 0 Å². The van der Waals surface area contributed by atoms with E-state index in [1.807, 2.05) is 0 Å². The first-order chi connectivity index (χ1) is 12.7. The van der Waals surface area contributed by atoms with Crippen LogP contribution in [-0.2, 0) is 14.8 Å². The van der Waals surface area contributed by atoms with Crippen LogP contribution < -0.4 is 4.74 Å². The smallest absolute Gasteiger partial charge is 0.426 e. The number of nitrogens with zero attached hydrogens (tertiary/aromatic N) is 2. The molecule has 1 aromatic carbocycles. The van der Waals surface area contributed by atoms with Crippen molar-refractivity contribution in [2.45, 2.75) is 49.5 Å². The number of ether oxygens (including phenoxy) is 1. The van der Waals surface area contributed by atoms with Gasteiger partial charge in [-0.05, 0) is 45.0 Å². The summed E-state index contributed by atoms with van der Waals surface area (Å²) >= 11 is 0. The molecule has 0 radical (unpaired) electrons. The number of alkyl halides is 3. The second-order valence-corrected chi connectivity index (χ2v) is 8.87. The van der Waals surface area contributed by atoms with Gasteiger partial charge in [-0.1, -0.05) is 0 Å². The fourth-order valence-corrected chi connectivity index (χ4v) is 4.70. The number of methoxy groups -OCH3 is 1. The fourth-order valence-electron chi connectivity index (χ4n) is 3.00. The van der Waals surface area contributed by atoms with E-state index >= 15 is 0 Å². The molecule has 1 aromatic rings. The summed E-state index contributed by atoms with van der Waals surface area (Å²) in [6.07, 6.45) is -5.14. The second kappa shape index (κ2) is 7.53. The summed E-state index contributed by atoms with van der Waals surface area (Å²) in [5, 5.41) is 9.67. The zero-order valence-corrected chi connectivity index (χ0v) is 16.7. The molecular formula is C17H23F3N2O5S. The predicted molar refractivity (Wildman–Crippen MR) is 94.2 cm³/mol. The standard InChI is InChI=1S/C17H23F3N2O5S/c1-11-10-22(28(25,26)14-7-5-13(27-4)6-8-14)12(2)9-21(11)15(23)16(3,24)17(18,19)20/h5-8,11-12,24H,9-10H2,1-4H3/t11-,12-,16?/m1/s1. The van der Waals surface area contributed by atoms with Crippen molar-refractivity contribution < 1.29 is 36.2 Å². The Hall–Kier alpha value is -1.85. The van der Waals surface area contributed by atoms with E-state index in [1.165, 1.54) is 45.2 Å². The molecular weight excluding hydrogens is 401 g/mol. The zero-order valence-electron chi connectivity index (χ0n) is 15.9. The third-order valence-electron chi connectivity index (χ3n) is 4.82. The van der Waals surface area contributed by atoms with Crippen LogP contribution in [0.4, 0.5) is 13.2 Å². The van der Waals surface area contributed by atoms with Gasteiger partial charge >= 0.3 is 6.18 Å². The first kappa shape index (κ1) is 22.4. The normalized spacial score (nSPS) is 23.9. The minimum Gasteiger partial charge on any atom is -0.497 e. The number of rotatable bonds is 4. The molecule has 1 aliphatic rings. The van der Waals surface area contributed by atoms with E-state index in [0.717, 1.165) is 9.21 Å². The summed E-state index contributed by atoms with van der Waals surface area (Å²) in [6.45, 7) is 2.85. The third-order valence-corrected chi connectivity index (χ3v) is 6.82. The maximum Gasteiger partial charge on any atom is 0.426 e. The van der Waals surface area contributed by atoms with E-state index in [0.29, 0.717) is 12.7 Å². The largest absolute Gasteiger partial charge is 0.497 e. The molecule has 1 saturated heterocycles. The van der Waals surface area contributed by atoms with Crippen LogP contribution in [0, 0.1) is 0 Å². The van der Waals surface area contributed by atoms with E-state index in [2.05, 4.69) is 0 Å². The fraction of sp³-hybridized carbons (Fsp3) is 0.588. The molecule has 0 bridgehead atoms. The van der Waals surface area contributed by atoms with Crippen molar-refractivity contribution in [2.24, 2.45) is 0 Å². The van der Waals surface area contributed by atoms with Crippen molar-refractivity contribution in [3.8, 4) is 5.75 Å². The number of carbonyl (C=O) groups excluding carboxylic acids is 1. The van der Waals surface area contributed by atoms with Crippen LogP contribution in [0.15, 0.2) is 29.2 Å². The number of hydrogen-bond donors (Lipinski definition) is 1. The molecule has 1 fully saturated rings. The van der Waals surface area contributed by atoms with Gasteiger partial charge in [0.25, 0.3) is 5.91 Å². The van der Waals surface area contributed by atoms with E-state index in [9.17, 15) is 31.5 Å². The molecule has 1 aliphatic heterocycles. The van der Waals surface area contributed by atoms with Crippen molar-refractivity contribution in [3.05, 3.63) is 24.3 Å².